The molecule has 0 radical (unpaired) electrons. The molecule has 0 fully saturated rings. The van der Waals surface area contributed by atoms with Crippen molar-refractivity contribution in [2.24, 2.45) is 0 Å². The van der Waals surface area contributed by atoms with E-state index in [2.05, 4.69) is 4.52 Å². The van der Waals surface area contributed by atoms with Crippen molar-refractivity contribution in [3.8, 4) is 0 Å². The Morgan fingerprint density at radius 3 is 1.00 bits per heavy atom. The van der Waals surface area contributed by atoms with Gasteiger partial charge >= 0.3 is 50.5 Å². The van der Waals surface area contributed by atoms with Crippen LogP contribution >= 0.6 is 8.60 Å². The van der Waals surface area contributed by atoms with Crippen molar-refractivity contribution in [3.05, 3.63) is 0 Å². The number of hydrogen-bond acceptors (Lipinski definition) is 3. The van der Waals surface area contributed by atoms with Crippen LogP contribution in [-0.4, -0.2) is 51.7 Å². The summed E-state index contributed by atoms with van der Waals surface area (Å²) in [6, 6.07) is 0. The van der Waals surface area contributed by atoms with E-state index in [9.17, 15) is 65.9 Å². The molecule has 0 atom stereocenters. The molecule has 0 heterocycles. The minimum absolute atomic E-state index is 2.07. The maximum absolute atomic E-state index is 12.9. The van der Waals surface area contributed by atoms with Crippen LogP contribution in [0.5, 0.6) is 0 Å². The van der Waals surface area contributed by atoms with E-state index in [0.717, 1.165) is 0 Å². The van der Waals surface area contributed by atoms with Crippen molar-refractivity contribution in [1.82, 2.24) is 0 Å². The molecular weight excluding hydrogens is 448 g/mol. The van der Waals surface area contributed by atoms with E-state index in [4.69, 9.17) is 9.79 Å². The molecule has 0 aromatic heterocycles. The maximum atomic E-state index is 12.9. The first kappa shape index (κ1) is 25.3. The molecule has 0 aliphatic carbocycles. The van der Waals surface area contributed by atoms with Gasteiger partial charge in [0.25, 0.3) is 0 Å². The van der Waals surface area contributed by atoms with E-state index in [1.54, 1.807) is 0 Å². The van der Waals surface area contributed by atoms with Gasteiger partial charge in [-0.15, -0.1) is 0 Å². The van der Waals surface area contributed by atoms with Crippen molar-refractivity contribution in [2.45, 2.75) is 41.9 Å². The van der Waals surface area contributed by atoms with Crippen LogP contribution in [0.3, 0.4) is 0 Å². The van der Waals surface area contributed by atoms with Gasteiger partial charge in [0.05, 0.1) is 0 Å². The third kappa shape index (κ3) is 3.40. The number of halogens is 15. The lowest BCUT2D eigenvalue weighted by Gasteiger charge is -2.41. The SMILES string of the molecule is OP(O)OC(F)(F)C(F)(F)C(F)(F)C(F)(F)C(F)(F)C(F)(F)C(F)(F)F. The quantitative estimate of drug-likeness (QED) is 0.443. The first-order chi connectivity index (χ1) is 10.9. The predicted octanol–water partition coefficient (Wildman–Crippen LogP) is 4.55. The van der Waals surface area contributed by atoms with Crippen LogP contribution < -0.4 is 0 Å². The summed E-state index contributed by atoms with van der Waals surface area (Å²) in [6.07, 6.45) is -14.8. The molecule has 0 bridgehead atoms. The monoisotopic (exact) mass is 450 g/mol. The first-order valence-corrected chi connectivity index (χ1v) is 6.29. The second-order valence-corrected chi connectivity index (χ2v) is 4.92. The number of alkyl halides is 15. The normalized spacial score (nSPS) is 16.4. The fraction of sp³-hybridized carbons (Fsp3) is 1.00. The molecular formula is C7H2F15O3P. The number of hydrogen-bond donors (Lipinski definition) is 2. The standard InChI is InChI=1S/C7H2F15O3P/c8-1(9,2(10,11)4(14,15)6(18,19)20)3(12,13)5(16,17)7(21,22)25-26(23)24/h23-24H. The van der Waals surface area contributed by atoms with Crippen molar-refractivity contribution in [2.75, 3.05) is 0 Å². The highest BCUT2D eigenvalue weighted by Gasteiger charge is 2.93. The van der Waals surface area contributed by atoms with Crippen LogP contribution in [0.1, 0.15) is 0 Å². The van der Waals surface area contributed by atoms with E-state index in [1.165, 1.54) is 0 Å². The molecule has 0 rings (SSSR count). The molecule has 0 saturated carbocycles. The van der Waals surface area contributed by atoms with E-state index in [-0.39, 0.29) is 0 Å². The molecule has 0 aromatic carbocycles. The second-order valence-electron chi connectivity index (χ2n) is 4.23. The summed E-state index contributed by atoms with van der Waals surface area (Å²) in [6.45, 7) is 0. The Morgan fingerprint density at radius 1 is 0.462 bits per heavy atom. The van der Waals surface area contributed by atoms with Crippen molar-refractivity contribution < 1.29 is 80.2 Å². The third-order valence-electron chi connectivity index (χ3n) is 2.50. The molecule has 26 heavy (non-hydrogen) atoms. The second kappa shape index (κ2) is 6.41. The number of rotatable bonds is 7. The Hall–Kier alpha value is -0.740. The predicted molar refractivity (Wildman–Crippen MR) is 48.2 cm³/mol. The fourth-order valence-electron chi connectivity index (χ4n) is 1.11. The van der Waals surface area contributed by atoms with Gasteiger partial charge in [-0.3, -0.25) is 0 Å². The highest BCUT2D eigenvalue weighted by molar-refractivity contribution is 7.39. The van der Waals surface area contributed by atoms with Crippen LogP contribution in [0.4, 0.5) is 65.9 Å². The Balaban J connectivity index is 6.42. The zero-order valence-corrected chi connectivity index (χ0v) is 11.8. The third-order valence-corrected chi connectivity index (χ3v) is 2.89. The minimum Gasteiger partial charge on any atom is -0.328 e. The Morgan fingerprint density at radius 2 is 0.731 bits per heavy atom. The van der Waals surface area contributed by atoms with Crippen molar-refractivity contribution in [3.63, 3.8) is 0 Å². The van der Waals surface area contributed by atoms with E-state index < -0.39 is 50.5 Å². The van der Waals surface area contributed by atoms with Gasteiger partial charge in [-0.05, 0) is 0 Å². The lowest BCUT2D eigenvalue weighted by atomic mass is 9.93. The van der Waals surface area contributed by atoms with Crippen LogP contribution in [0.15, 0.2) is 0 Å². The molecule has 3 nitrogen and oxygen atoms in total. The summed E-state index contributed by atoms with van der Waals surface area (Å²) in [4.78, 5) is 15.7. The summed E-state index contributed by atoms with van der Waals surface area (Å²) < 4.78 is 190. The Kier molecular flexibility index (Phi) is 6.23. The Labute approximate surface area is 132 Å². The van der Waals surface area contributed by atoms with Crippen LogP contribution in [0.2, 0.25) is 0 Å². The minimum atomic E-state index is -8.44. The molecule has 19 heteroatoms. The lowest BCUT2D eigenvalue weighted by Crippen LogP contribution is -2.72. The highest BCUT2D eigenvalue weighted by atomic mass is 31.2. The van der Waals surface area contributed by atoms with E-state index >= 15 is 0 Å². The molecule has 0 saturated heterocycles. The summed E-state index contributed by atoms with van der Waals surface area (Å²) >= 11 is 0. The average Bonchev–Trinajstić information content (AvgIpc) is 2.34. The van der Waals surface area contributed by atoms with Crippen LogP contribution in [0, 0.1) is 0 Å². The molecule has 0 spiro atoms. The molecule has 0 amide bonds. The summed E-state index contributed by atoms with van der Waals surface area (Å²) in [5.41, 5.74) is 0. The van der Waals surface area contributed by atoms with Gasteiger partial charge in [0, 0.05) is 0 Å². The molecule has 0 aliphatic rings. The smallest absolute Gasteiger partial charge is 0.328 e. The highest BCUT2D eigenvalue weighted by Crippen LogP contribution is 2.63. The van der Waals surface area contributed by atoms with Crippen LogP contribution in [0.25, 0.3) is 0 Å². The van der Waals surface area contributed by atoms with Gasteiger partial charge < -0.3 is 9.79 Å². The lowest BCUT2D eigenvalue weighted by molar-refractivity contribution is -0.465. The Bertz CT molecular complexity index is 512. The first-order valence-electron chi connectivity index (χ1n) is 5.12. The summed E-state index contributed by atoms with van der Waals surface area (Å²) in [5, 5.41) is 0. The summed E-state index contributed by atoms with van der Waals surface area (Å²) in [5.74, 6) is -41.1. The van der Waals surface area contributed by atoms with Gasteiger partial charge in [0.2, 0.25) is 0 Å². The van der Waals surface area contributed by atoms with E-state index in [1.807, 2.05) is 0 Å². The average molecular weight is 450 g/mol. The van der Waals surface area contributed by atoms with Gasteiger partial charge in [-0.1, -0.05) is 0 Å². The molecule has 0 aliphatic heterocycles. The van der Waals surface area contributed by atoms with E-state index in [0.29, 0.717) is 0 Å². The zero-order chi connectivity index (χ0) is 21.8. The van der Waals surface area contributed by atoms with Crippen molar-refractivity contribution in [1.29, 1.82) is 0 Å². The van der Waals surface area contributed by atoms with Gasteiger partial charge in [0.15, 0.2) is 0 Å². The van der Waals surface area contributed by atoms with Crippen LogP contribution in [-0.2, 0) is 4.52 Å². The van der Waals surface area contributed by atoms with Gasteiger partial charge in [-0.25, -0.2) is 4.52 Å². The fourth-order valence-corrected chi connectivity index (χ4v) is 1.43. The molecule has 0 unspecified atom stereocenters. The van der Waals surface area contributed by atoms with Crippen molar-refractivity contribution >= 4 is 8.60 Å². The molecule has 2 N–H and O–H groups in total. The van der Waals surface area contributed by atoms with Gasteiger partial charge in [-0.2, -0.15) is 65.9 Å². The van der Waals surface area contributed by atoms with Gasteiger partial charge in [0.1, 0.15) is 0 Å². The largest absolute Gasteiger partial charge is 0.460 e. The zero-order valence-electron chi connectivity index (χ0n) is 10.9. The topological polar surface area (TPSA) is 49.7 Å². The molecule has 158 valence electrons. The maximum Gasteiger partial charge on any atom is 0.460 e. The molecule has 0 aromatic rings. The summed E-state index contributed by atoms with van der Waals surface area (Å²) in [7, 11) is -4.73.